The highest BCUT2D eigenvalue weighted by molar-refractivity contribution is 6.42. The molecule has 98 valence electrons. The summed E-state index contributed by atoms with van der Waals surface area (Å²) in [4.78, 5) is 16.1. The molecule has 0 spiro atoms. The highest BCUT2D eigenvalue weighted by atomic mass is 35.5. The Morgan fingerprint density at radius 3 is 2.67 bits per heavy atom. The summed E-state index contributed by atoms with van der Waals surface area (Å²) in [6, 6.07) is 5.17. The van der Waals surface area contributed by atoms with Gasteiger partial charge in [-0.3, -0.25) is 15.1 Å². The average Bonchev–Trinajstić information content (AvgIpc) is 2.37. The van der Waals surface area contributed by atoms with E-state index in [1.54, 1.807) is 31.3 Å². The molecule has 0 aliphatic carbocycles. The van der Waals surface area contributed by atoms with E-state index >= 15 is 0 Å². The van der Waals surface area contributed by atoms with Gasteiger partial charge in [0.2, 0.25) is 5.91 Å². The van der Waals surface area contributed by atoms with Crippen LogP contribution in [0.15, 0.2) is 24.3 Å². The van der Waals surface area contributed by atoms with Crippen molar-refractivity contribution in [2.45, 2.75) is 6.42 Å². The molecule has 18 heavy (non-hydrogen) atoms. The zero-order valence-electron chi connectivity index (χ0n) is 10.1. The summed E-state index contributed by atoms with van der Waals surface area (Å²) in [6.07, 6.45) is 1.95. The smallest absolute Gasteiger partial charge is 0.223 e. The maximum absolute atomic E-state index is 11.2. The molecular weight excluding hydrogens is 275 g/mol. The topological polar surface area (TPSA) is 50.4 Å². The molecule has 0 unspecified atom stereocenters. The fourth-order valence-corrected chi connectivity index (χ4v) is 1.59. The molecule has 1 rings (SSSR count). The first-order chi connectivity index (χ1) is 8.58. The predicted octanol–water partition coefficient (Wildman–Crippen LogP) is 2.62. The number of hydrogen-bond donors (Lipinski definition) is 2. The van der Waals surface area contributed by atoms with Gasteiger partial charge in [0.25, 0.3) is 0 Å². The second kappa shape index (κ2) is 7.26. The number of carbonyl (C=O) groups is 1. The Morgan fingerprint density at radius 1 is 1.39 bits per heavy atom. The van der Waals surface area contributed by atoms with Gasteiger partial charge in [-0.05, 0) is 18.2 Å². The van der Waals surface area contributed by atoms with Gasteiger partial charge in [-0.1, -0.05) is 29.3 Å². The van der Waals surface area contributed by atoms with Gasteiger partial charge >= 0.3 is 0 Å². The van der Waals surface area contributed by atoms with E-state index in [2.05, 4.69) is 10.8 Å². The van der Waals surface area contributed by atoms with Gasteiger partial charge in [0.1, 0.15) is 0 Å². The zero-order valence-corrected chi connectivity index (χ0v) is 11.6. The summed E-state index contributed by atoms with van der Waals surface area (Å²) in [5, 5.41) is 3.45. The van der Waals surface area contributed by atoms with Crippen LogP contribution in [0.2, 0.25) is 10.0 Å². The van der Waals surface area contributed by atoms with E-state index in [0.29, 0.717) is 15.7 Å². The van der Waals surface area contributed by atoms with Crippen LogP contribution in [0.5, 0.6) is 0 Å². The van der Waals surface area contributed by atoms with Crippen molar-refractivity contribution in [2.24, 2.45) is 0 Å². The summed E-state index contributed by atoms with van der Waals surface area (Å²) in [7, 11) is 3.07. The molecule has 2 N–H and O–H groups in total. The third kappa shape index (κ3) is 4.22. The zero-order chi connectivity index (χ0) is 13.5. The van der Waals surface area contributed by atoms with Crippen molar-refractivity contribution in [1.29, 1.82) is 0 Å². The second-order valence-electron chi connectivity index (χ2n) is 3.43. The highest BCUT2D eigenvalue weighted by Gasteiger charge is 2.05. The minimum atomic E-state index is -0.0922. The largest absolute Gasteiger partial charge is 0.359 e. The molecule has 4 nitrogen and oxygen atoms in total. The first kappa shape index (κ1) is 14.8. The van der Waals surface area contributed by atoms with Crippen molar-refractivity contribution in [3.63, 3.8) is 0 Å². The molecule has 0 heterocycles. The van der Waals surface area contributed by atoms with Crippen LogP contribution >= 0.6 is 23.2 Å². The second-order valence-corrected chi connectivity index (χ2v) is 4.24. The molecule has 0 radical (unpaired) electrons. The Balaban J connectivity index is 2.96. The number of rotatable bonds is 5. The van der Waals surface area contributed by atoms with Crippen LogP contribution in [0.25, 0.3) is 5.70 Å². The molecule has 0 saturated heterocycles. The molecule has 0 atom stereocenters. The standard InChI is InChI=1S/C12H14Cl2N2O2/c1-15-12(17)6-5-11(16-18-2)8-3-4-9(13)10(14)7-8/h3-5,7,16H,6H2,1-2H3,(H,15,17). The molecule has 6 heteroatoms. The minimum absolute atomic E-state index is 0.0922. The van der Waals surface area contributed by atoms with E-state index in [9.17, 15) is 4.79 Å². The molecule has 0 fully saturated rings. The maximum atomic E-state index is 11.2. The summed E-state index contributed by atoms with van der Waals surface area (Å²) in [5.41, 5.74) is 4.14. The van der Waals surface area contributed by atoms with Crippen LogP contribution in [-0.2, 0) is 9.63 Å². The van der Waals surface area contributed by atoms with E-state index < -0.39 is 0 Å². The first-order valence-electron chi connectivity index (χ1n) is 5.23. The molecule has 1 aromatic carbocycles. The monoisotopic (exact) mass is 288 g/mol. The van der Waals surface area contributed by atoms with Crippen molar-refractivity contribution >= 4 is 34.8 Å². The van der Waals surface area contributed by atoms with E-state index in [4.69, 9.17) is 28.0 Å². The maximum Gasteiger partial charge on any atom is 0.223 e. The number of benzene rings is 1. The number of amides is 1. The van der Waals surface area contributed by atoms with Crippen molar-refractivity contribution in [2.75, 3.05) is 14.2 Å². The molecule has 1 amide bonds. The average molecular weight is 289 g/mol. The first-order valence-corrected chi connectivity index (χ1v) is 5.99. The van der Waals surface area contributed by atoms with Crippen molar-refractivity contribution < 1.29 is 9.63 Å². The minimum Gasteiger partial charge on any atom is -0.359 e. The molecule has 0 aliphatic heterocycles. The van der Waals surface area contributed by atoms with Crippen molar-refractivity contribution in [1.82, 2.24) is 10.8 Å². The lowest BCUT2D eigenvalue weighted by Crippen LogP contribution is -2.17. The third-order valence-electron chi connectivity index (χ3n) is 2.21. The Hall–Kier alpha value is -1.23. The van der Waals surface area contributed by atoms with Crippen LogP contribution in [0.1, 0.15) is 12.0 Å². The van der Waals surface area contributed by atoms with E-state index in [-0.39, 0.29) is 12.3 Å². The Bertz CT molecular complexity index is 461. The number of nitrogens with one attached hydrogen (secondary N) is 2. The summed E-state index contributed by atoms with van der Waals surface area (Å²) < 4.78 is 0. The lowest BCUT2D eigenvalue weighted by molar-refractivity contribution is -0.119. The molecule has 0 bridgehead atoms. The number of hydroxylamine groups is 1. The molecule has 0 saturated carbocycles. The summed E-state index contributed by atoms with van der Waals surface area (Å²) in [5.74, 6) is -0.0922. The van der Waals surface area contributed by atoms with Gasteiger partial charge < -0.3 is 5.32 Å². The number of halogens is 2. The van der Waals surface area contributed by atoms with E-state index in [1.165, 1.54) is 7.11 Å². The van der Waals surface area contributed by atoms with Gasteiger partial charge in [-0.2, -0.15) is 0 Å². The van der Waals surface area contributed by atoms with Gasteiger partial charge in [-0.15, -0.1) is 0 Å². The summed E-state index contributed by atoms with van der Waals surface area (Å²) in [6.45, 7) is 0. The van der Waals surface area contributed by atoms with Gasteiger partial charge in [0.15, 0.2) is 0 Å². The number of carbonyl (C=O) groups excluding carboxylic acids is 1. The van der Waals surface area contributed by atoms with Crippen LogP contribution in [0.4, 0.5) is 0 Å². The Kier molecular flexibility index (Phi) is 5.98. The fraction of sp³-hybridized carbons (Fsp3) is 0.250. The number of hydrogen-bond acceptors (Lipinski definition) is 3. The van der Waals surface area contributed by atoms with Crippen LogP contribution in [0, 0.1) is 0 Å². The Morgan fingerprint density at radius 2 is 2.11 bits per heavy atom. The van der Waals surface area contributed by atoms with Gasteiger partial charge in [0, 0.05) is 19.0 Å². The quantitative estimate of drug-likeness (QED) is 0.819. The molecule has 1 aromatic rings. The fourth-order valence-electron chi connectivity index (χ4n) is 1.29. The van der Waals surface area contributed by atoms with Crippen LogP contribution < -0.4 is 10.8 Å². The van der Waals surface area contributed by atoms with Crippen molar-refractivity contribution in [3.05, 3.63) is 39.9 Å². The highest BCUT2D eigenvalue weighted by Crippen LogP contribution is 2.25. The molecule has 0 aliphatic rings. The van der Waals surface area contributed by atoms with Crippen molar-refractivity contribution in [3.8, 4) is 0 Å². The predicted molar refractivity (Wildman–Crippen MR) is 73.3 cm³/mol. The normalized spacial score (nSPS) is 11.2. The van der Waals surface area contributed by atoms with E-state index in [0.717, 1.165) is 5.56 Å². The van der Waals surface area contributed by atoms with Crippen LogP contribution in [0.3, 0.4) is 0 Å². The lowest BCUT2D eigenvalue weighted by Gasteiger charge is -2.10. The van der Waals surface area contributed by atoms with Gasteiger partial charge in [0.05, 0.1) is 22.9 Å². The Labute approximate surface area is 116 Å². The summed E-state index contributed by atoms with van der Waals surface area (Å²) >= 11 is 11.8. The van der Waals surface area contributed by atoms with E-state index in [1.807, 2.05) is 0 Å². The SMILES string of the molecule is CNC(=O)CC=C(NOC)c1ccc(Cl)c(Cl)c1. The molecular formula is C12H14Cl2N2O2. The lowest BCUT2D eigenvalue weighted by atomic mass is 10.1. The van der Waals surface area contributed by atoms with Gasteiger partial charge in [-0.25, -0.2) is 0 Å². The van der Waals surface area contributed by atoms with Crippen LogP contribution in [-0.4, -0.2) is 20.1 Å². The third-order valence-corrected chi connectivity index (χ3v) is 2.95. The molecule has 0 aromatic heterocycles.